The smallest absolute Gasteiger partial charge is 0.294 e. The molecule has 0 unspecified atom stereocenters. The van der Waals surface area contributed by atoms with Gasteiger partial charge in [0.15, 0.2) is 0 Å². The molecule has 156 valence electrons. The van der Waals surface area contributed by atoms with Crippen LogP contribution in [0.2, 0.25) is 0 Å². The molecular weight excluding hydrogens is 386 g/mol. The number of rotatable bonds is 6. The van der Waals surface area contributed by atoms with Crippen LogP contribution < -0.4 is 15.0 Å². The van der Waals surface area contributed by atoms with Crippen molar-refractivity contribution in [2.75, 3.05) is 17.3 Å². The van der Waals surface area contributed by atoms with Crippen molar-refractivity contribution in [3.8, 4) is 5.75 Å². The third-order valence-electron chi connectivity index (χ3n) is 5.94. The van der Waals surface area contributed by atoms with Gasteiger partial charge in [-0.3, -0.25) is 19.7 Å². The zero-order valence-electron chi connectivity index (χ0n) is 16.7. The number of para-hydroxylation sites is 1. The molecule has 2 aliphatic rings. The minimum absolute atomic E-state index is 0.183. The lowest BCUT2D eigenvalue weighted by Gasteiger charge is -2.19. The number of carbonyl (C=O) groups excluding carboxylic acids is 2. The number of nitro benzene ring substituents is 1. The number of hydrogen-bond acceptors (Lipinski definition) is 6. The summed E-state index contributed by atoms with van der Waals surface area (Å²) < 4.78 is 5.31. The molecule has 2 fully saturated rings. The fourth-order valence-corrected chi connectivity index (χ4v) is 4.42. The summed E-state index contributed by atoms with van der Waals surface area (Å²) in [6.07, 6.45) is 3.26. The number of carbonyl (C=O) groups is 2. The number of nitrogens with zero attached hydrogens (tertiary/aromatic N) is 2. The normalized spacial score (nSPS) is 20.8. The van der Waals surface area contributed by atoms with Crippen molar-refractivity contribution < 1.29 is 19.2 Å². The van der Waals surface area contributed by atoms with Gasteiger partial charge in [-0.15, -0.1) is 0 Å². The van der Waals surface area contributed by atoms with Crippen molar-refractivity contribution in [3.63, 3.8) is 0 Å². The first-order valence-corrected chi connectivity index (χ1v) is 10.0. The zero-order chi connectivity index (χ0) is 21.3. The predicted octanol–water partition coefficient (Wildman–Crippen LogP) is 3.90. The summed E-state index contributed by atoms with van der Waals surface area (Å²) in [5, 5.41) is 14.8. The van der Waals surface area contributed by atoms with Crippen molar-refractivity contribution in [2.45, 2.75) is 32.2 Å². The Hall–Kier alpha value is -3.42. The van der Waals surface area contributed by atoms with Gasteiger partial charge in [0.05, 0.1) is 29.6 Å². The van der Waals surface area contributed by atoms with Crippen LogP contribution in [0, 0.1) is 22.0 Å². The molecule has 2 atom stereocenters. The lowest BCUT2D eigenvalue weighted by Crippen LogP contribution is -2.30. The maximum atomic E-state index is 12.8. The fourth-order valence-electron chi connectivity index (χ4n) is 4.42. The number of ether oxygens (including phenoxy) is 1. The molecule has 0 radical (unpaired) electrons. The van der Waals surface area contributed by atoms with Crippen molar-refractivity contribution in [2.24, 2.45) is 11.8 Å². The number of benzene rings is 2. The van der Waals surface area contributed by atoms with Crippen molar-refractivity contribution >= 4 is 28.9 Å². The van der Waals surface area contributed by atoms with Gasteiger partial charge in [-0.25, -0.2) is 4.90 Å². The van der Waals surface area contributed by atoms with E-state index in [-0.39, 0.29) is 35.0 Å². The van der Waals surface area contributed by atoms with Crippen LogP contribution in [-0.4, -0.2) is 23.8 Å². The van der Waals surface area contributed by atoms with E-state index in [9.17, 15) is 19.7 Å². The molecule has 0 spiro atoms. The monoisotopic (exact) mass is 409 g/mol. The maximum Gasteiger partial charge on any atom is 0.294 e. The van der Waals surface area contributed by atoms with Gasteiger partial charge < -0.3 is 10.1 Å². The van der Waals surface area contributed by atoms with Gasteiger partial charge in [0, 0.05) is 18.2 Å². The Labute approximate surface area is 174 Å². The van der Waals surface area contributed by atoms with E-state index in [1.807, 2.05) is 24.3 Å². The highest BCUT2D eigenvalue weighted by Crippen LogP contribution is 2.41. The second kappa shape index (κ2) is 8.14. The van der Waals surface area contributed by atoms with Crippen LogP contribution in [0.1, 0.15) is 31.2 Å². The molecule has 30 heavy (non-hydrogen) atoms. The molecule has 1 saturated heterocycles. The Morgan fingerprint density at radius 1 is 1.10 bits per heavy atom. The van der Waals surface area contributed by atoms with Crippen LogP contribution in [-0.2, 0) is 16.1 Å². The van der Waals surface area contributed by atoms with E-state index in [0.717, 1.165) is 23.3 Å². The average Bonchev–Trinajstić information content (AvgIpc) is 3.02. The molecule has 0 bridgehead atoms. The first-order chi connectivity index (χ1) is 14.5. The molecule has 2 aromatic carbocycles. The highest BCUT2D eigenvalue weighted by molar-refractivity contribution is 6.22. The van der Waals surface area contributed by atoms with E-state index in [4.69, 9.17) is 4.74 Å². The Balaban J connectivity index is 1.60. The predicted molar refractivity (Wildman–Crippen MR) is 111 cm³/mol. The fraction of sp³-hybridized carbons (Fsp3) is 0.364. The number of anilines is 2. The Kier molecular flexibility index (Phi) is 5.39. The van der Waals surface area contributed by atoms with Gasteiger partial charge >= 0.3 is 0 Å². The molecule has 8 heteroatoms. The second-order valence-electron chi connectivity index (χ2n) is 7.63. The molecule has 1 aliphatic heterocycles. The summed E-state index contributed by atoms with van der Waals surface area (Å²) in [5.41, 5.74) is 1.24. The van der Waals surface area contributed by atoms with Crippen LogP contribution in [0.15, 0.2) is 42.5 Å². The van der Waals surface area contributed by atoms with E-state index in [0.29, 0.717) is 30.8 Å². The summed E-state index contributed by atoms with van der Waals surface area (Å²) in [6.45, 7) is 0.329. The topological polar surface area (TPSA) is 102 Å². The van der Waals surface area contributed by atoms with Crippen LogP contribution in [0.3, 0.4) is 0 Å². The number of hydrogen-bond donors (Lipinski definition) is 1. The van der Waals surface area contributed by atoms with Gasteiger partial charge in [0.2, 0.25) is 11.8 Å². The molecular formula is C22H23N3O5. The molecule has 0 aromatic heterocycles. The van der Waals surface area contributed by atoms with Crippen molar-refractivity contribution in [1.82, 2.24) is 0 Å². The van der Waals surface area contributed by atoms with Gasteiger partial charge in [-0.2, -0.15) is 0 Å². The molecule has 4 rings (SSSR count). The van der Waals surface area contributed by atoms with Crippen molar-refractivity contribution in [1.29, 1.82) is 0 Å². The zero-order valence-corrected chi connectivity index (χ0v) is 16.7. The Bertz CT molecular complexity index is 982. The van der Waals surface area contributed by atoms with Gasteiger partial charge in [0.1, 0.15) is 11.4 Å². The van der Waals surface area contributed by atoms with E-state index in [2.05, 4.69) is 5.32 Å². The Morgan fingerprint density at radius 2 is 1.77 bits per heavy atom. The third kappa shape index (κ3) is 3.49. The van der Waals surface area contributed by atoms with Crippen molar-refractivity contribution in [3.05, 3.63) is 58.1 Å². The van der Waals surface area contributed by atoms with E-state index >= 15 is 0 Å². The van der Waals surface area contributed by atoms with E-state index < -0.39 is 4.92 Å². The summed E-state index contributed by atoms with van der Waals surface area (Å²) in [6, 6.07) is 11.8. The number of nitrogens with one attached hydrogen (secondary N) is 1. The summed E-state index contributed by atoms with van der Waals surface area (Å²) >= 11 is 0. The minimum Gasteiger partial charge on any atom is -0.496 e. The first-order valence-electron chi connectivity index (χ1n) is 10.0. The highest BCUT2D eigenvalue weighted by Gasteiger charge is 2.49. The first kappa shape index (κ1) is 19.9. The molecule has 1 aliphatic carbocycles. The molecule has 1 heterocycles. The second-order valence-corrected chi connectivity index (χ2v) is 7.63. The maximum absolute atomic E-state index is 12.8. The van der Waals surface area contributed by atoms with Gasteiger partial charge in [0.25, 0.3) is 5.69 Å². The SMILES string of the molecule is COc1ccccc1CNc1ccc(N2C(=O)[C@H]3CCCC[C@@H]3C2=O)cc1[N+](=O)[O-]. The standard InChI is InChI=1S/C22H23N3O5/c1-30-20-9-5-2-6-14(20)13-23-18-11-10-15(12-19(18)25(28)29)24-21(26)16-7-3-4-8-17(16)22(24)27/h2,5-6,9-12,16-17,23H,3-4,7-8,13H2,1H3/t16-,17-/m0/s1. The van der Waals surface area contributed by atoms with Crippen LogP contribution in [0.5, 0.6) is 5.75 Å². The number of fused-ring (bicyclic) bond motifs is 1. The largest absolute Gasteiger partial charge is 0.496 e. The number of imide groups is 1. The summed E-state index contributed by atoms with van der Waals surface area (Å²) in [7, 11) is 1.57. The van der Waals surface area contributed by atoms with Gasteiger partial charge in [-0.1, -0.05) is 31.0 Å². The van der Waals surface area contributed by atoms with Crippen LogP contribution in [0.4, 0.5) is 17.1 Å². The highest BCUT2D eigenvalue weighted by atomic mass is 16.6. The summed E-state index contributed by atoms with van der Waals surface area (Å²) in [5.74, 6) is -0.398. The molecule has 2 amide bonds. The lowest BCUT2D eigenvalue weighted by atomic mass is 9.81. The Morgan fingerprint density at radius 3 is 2.40 bits per heavy atom. The number of nitro groups is 1. The van der Waals surface area contributed by atoms with E-state index in [1.54, 1.807) is 19.2 Å². The quantitative estimate of drug-likeness (QED) is 0.441. The minimum atomic E-state index is -0.508. The van der Waals surface area contributed by atoms with Gasteiger partial charge in [-0.05, 0) is 31.0 Å². The number of methoxy groups -OCH3 is 1. The van der Waals surface area contributed by atoms with Crippen LogP contribution in [0.25, 0.3) is 0 Å². The molecule has 1 saturated carbocycles. The third-order valence-corrected chi connectivity index (χ3v) is 5.94. The van der Waals surface area contributed by atoms with E-state index in [1.165, 1.54) is 6.07 Å². The lowest BCUT2D eigenvalue weighted by molar-refractivity contribution is -0.383. The average molecular weight is 409 g/mol. The molecule has 2 aromatic rings. The summed E-state index contributed by atoms with van der Waals surface area (Å²) in [4.78, 5) is 37.9. The molecule has 8 nitrogen and oxygen atoms in total. The van der Waals surface area contributed by atoms with Crippen LogP contribution >= 0.6 is 0 Å². The number of amides is 2. The molecule has 1 N–H and O–H groups in total.